The van der Waals surface area contributed by atoms with Crippen LogP contribution < -0.4 is 5.32 Å². The van der Waals surface area contributed by atoms with Crippen molar-refractivity contribution in [1.82, 2.24) is 13.9 Å². The highest BCUT2D eigenvalue weighted by Gasteiger charge is 2.33. The molecule has 0 atom stereocenters. The van der Waals surface area contributed by atoms with Crippen molar-refractivity contribution in [2.45, 2.75) is 45.4 Å². The Bertz CT molecular complexity index is 1230. The highest BCUT2D eigenvalue weighted by Crippen LogP contribution is 2.25. The van der Waals surface area contributed by atoms with Gasteiger partial charge in [0.25, 0.3) is 0 Å². The van der Waals surface area contributed by atoms with Crippen LogP contribution >= 0.6 is 0 Å². The van der Waals surface area contributed by atoms with Crippen LogP contribution in [-0.2, 0) is 21.4 Å². The first kappa shape index (κ1) is 22.5. The lowest BCUT2D eigenvalue weighted by atomic mass is 9.97. The van der Waals surface area contributed by atoms with Gasteiger partial charge in [0.2, 0.25) is 21.9 Å². The number of nitrogens with zero attached hydrogens (tertiary/aromatic N) is 3. The minimum absolute atomic E-state index is 0.104. The number of piperidine rings is 1. The minimum atomic E-state index is -3.28. The van der Waals surface area contributed by atoms with E-state index < -0.39 is 15.3 Å². The van der Waals surface area contributed by atoms with Gasteiger partial charge < -0.3 is 4.57 Å². The van der Waals surface area contributed by atoms with Crippen LogP contribution in [0.4, 0.5) is 5.95 Å². The lowest BCUT2D eigenvalue weighted by Gasteiger charge is -2.31. The summed E-state index contributed by atoms with van der Waals surface area (Å²) >= 11 is 0. The van der Waals surface area contributed by atoms with Gasteiger partial charge in [0, 0.05) is 19.0 Å². The molecule has 1 amide bonds. The van der Waals surface area contributed by atoms with E-state index in [1.54, 1.807) is 13.8 Å². The minimum Gasteiger partial charge on any atom is -0.305 e. The van der Waals surface area contributed by atoms with Crippen LogP contribution in [0.2, 0.25) is 0 Å². The van der Waals surface area contributed by atoms with Gasteiger partial charge in [0.1, 0.15) is 0 Å². The zero-order valence-corrected chi connectivity index (χ0v) is 19.6. The molecule has 0 aliphatic carbocycles. The summed E-state index contributed by atoms with van der Waals surface area (Å²) in [4.78, 5) is 17.7. The number of para-hydroxylation sites is 2. The molecule has 1 saturated heterocycles. The molecule has 1 N–H and O–H groups in total. The number of aryl methyl sites for hydroxylation is 1. The van der Waals surface area contributed by atoms with Crippen LogP contribution in [0.1, 0.15) is 37.8 Å². The Kier molecular flexibility index (Phi) is 6.35. The number of amides is 1. The van der Waals surface area contributed by atoms with Crippen LogP contribution in [0.15, 0.2) is 48.5 Å². The number of sulfonamides is 1. The molecule has 2 aromatic carbocycles. The first-order chi connectivity index (χ1) is 15.3. The fourth-order valence-corrected chi connectivity index (χ4v) is 5.52. The predicted molar refractivity (Wildman–Crippen MR) is 127 cm³/mol. The molecular formula is C24H30N4O3S. The van der Waals surface area contributed by atoms with Crippen LogP contribution in [-0.4, -0.2) is 46.5 Å². The second-order valence-electron chi connectivity index (χ2n) is 8.76. The molecule has 2 heterocycles. The van der Waals surface area contributed by atoms with Gasteiger partial charge in [-0.05, 0) is 51.3 Å². The molecule has 1 aromatic heterocycles. The molecule has 32 heavy (non-hydrogen) atoms. The highest BCUT2D eigenvalue weighted by molar-refractivity contribution is 7.89. The summed E-state index contributed by atoms with van der Waals surface area (Å²) in [6, 6.07) is 16.1. The van der Waals surface area contributed by atoms with Gasteiger partial charge in [0.05, 0.1) is 22.8 Å². The molecule has 0 unspecified atom stereocenters. The van der Waals surface area contributed by atoms with E-state index in [0.717, 1.165) is 16.6 Å². The third-order valence-electron chi connectivity index (χ3n) is 6.09. The molecule has 0 bridgehead atoms. The van der Waals surface area contributed by atoms with Crippen molar-refractivity contribution in [3.63, 3.8) is 0 Å². The molecule has 0 spiro atoms. The lowest BCUT2D eigenvalue weighted by molar-refractivity contribution is -0.121. The monoisotopic (exact) mass is 454 g/mol. The molecule has 1 fully saturated rings. The smallest absolute Gasteiger partial charge is 0.229 e. The number of anilines is 1. The number of rotatable bonds is 6. The van der Waals surface area contributed by atoms with Crippen molar-refractivity contribution < 1.29 is 13.2 Å². The van der Waals surface area contributed by atoms with Gasteiger partial charge in [-0.25, -0.2) is 17.7 Å². The molecule has 1 aliphatic heterocycles. The third-order valence-corrected chi connectivity index (χ3v) is 8.37. The Balaban J connectivity index is 1.52. The van der Waals surface area contributed by atoms with E-state index in [1.165, 1.54) is 9.87 Å². The Morgan fingerprint density at radius 3 is 2.53 bits per heavy atom. The SMILES string of the molecule is Cc1cccc(Cn2c(NC(=O)C3CCN(S(=O)(=O)C(C)C)CC3)nc3ccccc32)c1. The normalized spacial score (nSPS) is 16.0. The number of imidazole rings is 1. The van der Waals surface area contributed by atoms with Gasteiger partial charge in [-0.2, -0.15) is 0 Å². The van der Waals surface area contributed by atoms with Crippen LogP contribution in [0.5, 0.6) is 0 Å². The average Bonchev–Trinajstić information content (AvgIpc) is 3.10. The largest absolute Gasteiger partial charge is 0.305 e. The number of benzene rings is 2. The van der Waals surface area contributed by atoms with Crippen LogP contribution in [0.25, 0.3) is 11.0 Å². The average molecular weight is 455 g/mol. The summed E-state index contributed by atoms with van der Waals surface area (Å²) in [5.41, 5.74) is 4.10. The molecule has 1 aliphatic rings. The van der Waals surface area contributed by atoms with E-state index in [2.05, 4.69) is 35.4 Å². The molecular weight excluding hydrogens is 424 g/mol. The van der Waals surface area contributed by atoms with Crippen molar-refractivity contribution in [1.29, 1.82) is 0 Å². The molecule has 3 aromatic rings. The standard InChI is InChI=1S/C24H30N4O3S/c1-17(2)32(30,31)27-13-11-20(12-14-27)23(29)26-24-25-21-9-4-5-10-22(21)28(24)16-19-8-6-7-18(3)15-19/h4-10,15,17,20H,11-14,16H2,1-3H3,(H,25,26,29). The number of carbonyl (C=O) groups excluding carboxylic acids is 1. The second kappa shape index (κ2) is 9.03. The Morgan fingerprint density at radius 2 is 1.84 bits per heavy atom. The number of hydrogen-bond donors (Lipinski definition) is 1. The molecule has 0 saturated carbocycles. The number of hydrogen-bond acceptors (Lipinski definition) is 4. The maximum absolute atomic E-state index is 13.1. The maximum atomic E-state index is 13.1. The second-order valence-corrected chi connectivity index (χ2v) is 11.2. The molecule has 7 nitrogen and oxygen atoms in total. The molecule has 8 heteroatoms. The topological polar surface area (TPSA) is 84.3 Å². The first-order valence-electron chi connectivity index (χ1n) is 11.1. The van der Waals surface area contributed by atoms with Gasteiger partial charge in [-0.3, -0.25) is 10.1 Å². The van der Waals surface area contributed by atoms with Crippen LogP contribution in [0, 0.1) is 12.8 Å². The Hall–Kier alpha value is -2.71. The van der Waals surface area contributed by atoms with Gasteiger partial charge in [-0.15, -0.1) is 0 Å². The fourth-order valence-electron chi connectivity index (χ4n) is 4.21. The van der Waals surface area contributed by atoms with E-state index in [9.17, 15) is 13.2 Å². The maximum Gasteiger partial charge on any atom is 0.229 e. The first-order valence-corrected chi connectivity index (χ1v) is 12.6. The van der Waals surface area contributed by atoms with Gasteiger partial charge in [-0.1, -0.05) is 42.0 Å². The summed E-state index contributed by atoms with van der Waals surface area (Å²) in [5, 5.41) is 2.58. The van der Waals surface area contributed by atoms with E-state index in [4.69, 9.17) is 0 Å². The summed E-state index contributed by atoms with van der Waals surface area (Å²) in [6.07, 6.45) is 1.02. The van der Waals surface area contributed by atoms with Gasteiger partial charge >= 0.3 is 0 Å². The number of nitrogens with one attached hydrogen (secondary N) is 1. The Labute approximate surface area is 189 Å². The number of carbonyl (C=O) groups is 1. The van der Waals surface area contributed by atoms with E-state index in [1.807, 2.05) is 34.9 Å². The predicted octanol–water partition coefficient (Wildman–Crippen LogP) is 3.78. The quantitative estimate of drug-likeness (QED) is 0.614. The number of aromatic nitrogens is 2. The highest BCUT2D eigenvalue weighted by atomic mass is 32.2. The summed E-state index contributed by atoms with van der Waals surface area (Å²) in [5.74, 6) is 0.183. The third kappa shape index (κ3) is 4.56. The van der Waals surface area contributed by atoms with Crippen molar-refractivity contribution >= 4 is 32.9 Å². The fraction of sp³-hybridized carbons (Fsp3) is 0.417. The van der Waals surface area contributed by atoms with E-state index in [-0.39, 0.29) is 11.8 Å². The van der Waals surface area contributed by atoms with Crippen LogP contribution in [0.3, 0.4) is 0 Å². The summed E-state index contributed by atoms with van der Waals surface area (Å²) in [7, 11) is -3.28. The van der Waals surface area contributed by atoms with Crippen molar-refractivity contribution in [3.8, 4) is 0 Å². The molecule has 170 valence electrons. The Morgan fingerprint density at radius 1 is 1.12 bits per heavy atom. The van der Waals surface area contributed by atoms with Crippen molar-refractivity contribution in [3.05, 3.63) is 59.7 Å². The zero-order chi connectivity index (χ0) is 22.9. The van der Waals surface area contributed by atoms with Crippen molar-refractivity contribution in [2.75, 3.05) is 18.4 Å². The lowest BCUT2D eigenvalue weighted by Crippen LogP contribution is -2.44. The van der Waals surface area contributed by atoms with E-state index >= 15 is 0 Å². The number of fused-ring (bicyclic) bond motifs is 1. The van der Waals surface area contributed by atoms with E-state index in [0.29, 0.717) is 38.4 Å². The molecule has 4 rings (SSSR count). The summed E-state index contributed by atoms with van der Waals surface area (Å²) in [6.45, 7) is 6.78. The summed E-state index contributed by atoms with van der Waals surface area (Å²) < 4.78 is 28.3. The zero-order valence-electron chi connectivity index (χ0n) is 18.8. The van der Waals surface area contributed by atoms with Crippen molar-refractivity contribution in [2.24, 2.45) is 5.92 Å². The van der Waals surface area contributed by atoms with Gasteiger partial charge in [0.15, 0.2) is 0 Å². The molecule has 0 radical (unpaired) electrons.